The van der Waals surface area contributed by atoms with Crippen molar-refractivity contribution in [2.45, 2.75) is 52.1 Å². The molecule has 0 spiro atoms. The van der Waals surface area contributed by atoms with Crippen molar-refractivity contribution in [3.8, 4) is 5.75 Å². The first kappa shape index (κ1) is 16.0. The van der Waals surface area contributed by atoms with Gasteiger partial charge in [-0.15, -0.1) is 0 Å². The van der Waals surface area contributed by atoms with Gasteiger partial charge in [-0.1, -0.05) is 26.8 Å². The molecule has 1 atom stereocenters. The third-order valence-corrected chi connectivity index (χ3v) is 8.57. The van der Waals surface area contributed by atoms with E-state index in [9.17, 15) is 0 Å². The summed E-state index contributed by atoms with van der Waals surface area (Å²) in [6.07, 6.45) is -0.205. The minimum atomic E-state index is -1.76. The second-order valence-electron chi connectivity index (χ2n) is 6.02. The molecule has 0 saturated carbocycles. The molecule has 0 aliphatic heterocycles. The molecule has 102 valence electrons. The lowest BCUT2D eigenvalue weighted by molar-refractivity contribution is 0.0105. The van der Waals surface area contributed by atoms with Crippen LogP contribution >= 0.6 is 22.6 Å². The van der Waals surface area contributed by atoms with Crippen LogP contribution in [0, 0.1) is 3.57 Å². The first-order chi connectivity index (χ1) is 8.12. The van der Waals surface area contributed by atoms with E-state index in [4.69, 9.17) is 9.16 Å². The lowest BCUT2D eigenvalue weighted by atomic mass is 10.2. The van der Waals surface area contributed by atoms with Gasteiger partial charge < -0.3 is 9.16 Å². The molecule has 0 saturated heterocycles. The van der Waals surface area contributed by atoms with E-state index in [0.29, 0.717) is 0 Å². The quantitative estimate of drug-likeness (QED) is 0.415. The van der Waals surface area contributed by atoms with Gasteiger partial charge in [0.25, 0.3) is 0 Å². The lowest BCUT2D eigenvalue weighted by Crippen LogP contribution is -2.44. The molecule has 18 heavy (non-hydrogen) atoms. The van der Waals surface area contributed by atoms with Gasteiger partial charge in [0.05, 0.1) is 0 Å². The number of hydrogen-bond donors (Lipinski definition) is 0. The Kier molecular flexibility index (Phi) is 5.26. The largest absolute Gasteiger partial charge is 0.466 e. The molecule has 0 bridgehead atoms. The van der Waals surface area contributed by atoms with Crippen LogP contribution in [-0.4, -0.2) is 14.6 Å². The van der Waals surface area contributed by atoms with Gasteiger partial charge in [0.2, 0.25) is 0 Å². The molecule has 0 fully saturated rings. The maximum absolute atomic E-state index is 6.16. The smallest absolute Gasteiger partial charge is 0.196 e. The topological polar surface area (TPSA) is 18.5 Å². The normalized spacial score (nSPS) is 14.4. The van der Waals surface area contributed by atoms with Crippen molar-refractivity contribution in [2.24, 2.45) is 0 Å². The Hall–Kier alpha value is -0.0731. The minimum Gasteiger partial charge on any atom is -0.466 e. The van der Waals surface area contributed by atoms with Crippen molar-refractivity contribution in [2.75, 3.05) is 0 Å². The summed E-state index contributed by atoms with van der Waals surface area (Å²) in [5.74, 6) is 0.869. The van der Waals surface area contributed by atoms with Gasteiger partial charge in [0.15, 0.2) is 14.6 Å². The minimum absolute atomic E-state index is 0.204. The number of halogens is 1. The van der Waals surface area contributed by atoms with E-state index in [1.165, 1.54) is 3.57 Å². The van der Waals surface area contributed by atoms with Crippen LogP contribution in [-0.2, 0) is 4.43 Å². The van der Waals surface area contributed by atoms with Crippen LogP contribution < -0.4 is 4.74 Å². The zero-order valence-electron chi connectivity index (χ0n) is 12.1. The third-order valence-electron chi connectivity index (χ3n) is 3.36. The fourth-order valence-electron chi connectivity index (χ4n) is 1.35. The highest BCUT2D eigenvalue weighted by Crippen LogP contribution is 2.37. The van der Waals surface area contributed by atoms with Gasteiger partial charge >= 0.3 is 0 Å². The molecule has 0 heterocycles. The first-order valence-corrected chi connectivity index (χ1v) is 10.2. The van der Waals surface area contributed by atoms with Gasteiger partial charge in [-0.3, -0.25) is 0 Å². The highest BCUT2D eigenvalue weighted by Gasteiger charge is 2.38. The average Bonchev–Trinajstić information content (AvgIpc) is 2.14. The molecule has 0 aromatic heterocycles. The Morgan fingerprint density at radius 3 is 2.33 bits per heavy atom. The fourth-order valence-corrected chi connectivity index (χ4v) is 3.09. The summed E-state index contributed by atoms with van der Waals surface area (Å²) in [6, 6.07) is 8.03. The van der Waals surface area contributed by atoms with Gasteiger partial charge in [-0.25, -0.2) is 0 Å². The lowest BCUT2D eigenvalue weighted by Gasteiger charge is -2.38. The van der Waals surface area contributed by atoms with Crippen LogP contribution in [0.1, 0.15) is 27.7 Å². The van der Waals surface area contributed by atoms with Crippen molar-refractivity contribution in [1.29, 1.82) is 0 Å². The highest BCUT2D eigenvalue weighted by molar-refractivity contribution is 14.1. The van der Waals surface area contributed by atoms with Gasteiger partial charge in [0, 0.05) is 3.57 Å². The molecule has 1 aromatic rings. The summed E-state index contributed by atoms with van der Waals surface area (Å²) in [4.78, 5) is 0. The fraction of sp³-hybridized carbons (Fsp3) is 0.571. The number of rotatable bonds is 4. The molecule has 0 aliphatic rings. The van der Waals surface area contributed by atoms with Crippen LogP contribution in [0.3, 0.4) is 0 Å². The Morgan fingerprint density at radius 2 is 1.83 bits per heavy atom. The van der Waals surface area contributed by atoms with Crippen molar-refractivity contribution in [1.82, 2.24) is 0 Å². The van der Waals surface area contributed by atoms with Crippen LogP contribution in [0.2, 0.25) is 18.1 Å². The molecule has 0 amide bonds. The van der Waals surface area contributed by atoms with Gasteiger partial charge in [-0.2, -0.15) is 0 Å². The molecular weight excluding hydrogens is 355 g/mol. The van der Waals surface area contributed by atoms with E-state index >= 15 is 0 Å². The predicted octanol–water partition coefficient (Wildman–Crippen LogP) is 5.04. The summed E-state index contributed by atoms with van der Waals surface area (Å²) in [7, 11) is -1.76. The Balaban J connectivity index is 2.65. The van der Waals surface area contributed by atoms with Crippen molar-refractivity contribution in [3.63, 3.8) is 0 Å². The summed E-state index contributed by atoms with van der Waals surface area (Å²) >= 11 is 2.28. The van der Waals surface area contributed by atoms with Crippen LogP contribution in [0.25, 0.3) is 0 Å². The number of ether oxygens (including phenoxy) is 1. The van der Waals surface area contributed by atoms with E-state index in [-0.39, 0.29) is 11.3 Å². The van der Waals surface area contributed by atoms with E-state index in [2.05, 4.69) is 56.5 Å². The van der Waals surface area contributed by atoms with Crippen molar-refractivity contribution >= 4 is 30.9 Å². The van der Waals surface area contributed by atoms with E-state index in [1.54, 1.807) is 0 Å². The maximum Gasteiger partial charge on any atom is 0.196 e. The molecule has 0 aliphatic carbocycles. The van der Waals surface area contributed by atoms with Crippen LogP contribution in [0.15, 0.2) is 24.3 Å². The molecule has 1 rings (SSSR count). The second-order valence-corrected chi connectivity index (χ2v) is 12.0. The average molecular weight is 378 g/mol. The Labute approximate surface area is 125 Å². The van der Waals surface area contributed by atoms with Crippen molar-refractivity contribution < 1.29 is 9.16 Å². The molecular formula is C14H23IO2Si. The second kappa shape index (κ2) is 5.92. The summed E-state index contributed by atoms with van der Waals surface area (Å²) in [5, 5.41) is 0.204. The predicted molar refractivity (Wildman–Crippen MR) is 87.5 cm³/mol. The molecule has 0 radical (unpaired) electrons. The third kappa shape index (κ3) is 4.55. The van der Waals surface area contributed by atoms with E-state index in [0.717, 1.165) is 5.75 Å². The summed E-state index contributed by atoms with van der Waals surface area (Å²) < 4.78 is 13.2. The monoisotopic (exact) mass is 378 g/mol. The van der Waals surface area contributed by atoms with E-state index in [1.807, 2.05) is 31.2 Å². The zero-order chi connectivity index (χ0) is 14.0. The zero-order valence-corrected chi connectivity index (χ0v) is 15.2. The Bertz CT molecular complexity index is 399. The SMILES string of the molecule is CC(Oc1cccc(I)c1)O[Si](C)(C)C(C)(C)C. The molecule has 2 nitrogen and oxygen atoms in total. The van der Waals surface area contributed by atoms with Gasteiger partial charge in [-0.05, 0) is 65.8 Å². The number of hydrogen-bond acceptors (Lipinski definition) is 2. The maximum atomic E-state index is 6.16. The van der Waals surface area contributed by atoms with E-state index < -0.39 is 8.32 Å². The standard InChI is InChI=1S/C14H23IO2Si/c1-11(17-18(5,6)14(2,3)4)16-13-9-7-8-12(15)10-13/h7-11H,1-6H3. The first-order valence-electron chi connectivity index (χ1n) is 6.22. The highest BCUT2D eigenvalue weighted by atomic mass is 127. The molecule has 1 unspecified atom stereocenters. The molecule has 1 aromatic carbocycles. The number of benzene rings is 1. The van der Waals surface area contributed by atoms with Crippen molar-refractivity contribution in [3.05, 3.63) is 27.8 Å². The summed E-state index contributed by atoms with van der Waals surface area (Å²) in [6.45, 7) is 13.1. The van der Waals surface area contributed by atoms with Crippen LogP contribution in [0.5, 0.6) is 5.75 Å². The molecule has 0 N–H and O–H groups in total. The Morgan fingerprint density at radius 1 is 1.22 bits per heavy atom. The van der Waals surface area contributed by atoms with Gasteiger partial charge in [0.1, 0.15) is 5.75 Å². The van der Waals surface area contributed by atoms with Crippen LogP contribution in [0.4, 0.5) is 0 Å². The summed E-state index contributed by atoms with van der Waals surface area (Å²) in [5.41, 5.74) is 0. The molecule has 4 heteroatoms.